The van der Waals surface area contributed by atoms with Gasteiger partial charge in [0.2, 0.25) is 0 Å². The number of carbonyl (C=O) groups is 1. The molecule has 1 unspecified atom stereocenters. The molecule has 9 heteroatoms. The van der Waals surface area contributed by atoms with Gasteiger partial charge in [0.1, 0.15) is 12.7 Å². The highest BCUT2D eigenvalue weighted by Gasteiger charge is 2.44. The minimum Gasteiger partial charge on any atom is -0.452 e. The Kier molecular flexibility index (Phi) is 2.95. The van der Waals surface area contributed by atoms with Gasteiger partial charge in [0.05, 0.1) is 16.6 Å². The molecule has 1 saturated heterocycles. The van der Waals surface area contributed by atoms with E-state index in [9.17, 15) is 18.0 Å². The molecule has 84 valence electrons. The van der Waals surface area contributed by atoms with Gasteiger partial charge in [-0.3, -0.25) is 4.18 Å². The number of alkyl halides is 3. The Morgan fingerprint density at radius 3 is 2.43 bits per heavy atom. The molecule has 2 N–H and O–H groups in total. The number of ether oxygens (including phenoxy) is 1. The molecule has 0 amide bonds. The van der Waals surface area contributed by atoms with E-state index in [0.29, 0.717) is 0 Å². The monoisotopic (exact) mass is 236 g/mol. The molecule has 0 bridgehead atoms. The van der Waals surface area contributed by atoms with Gasteiger partial charge in [-0.2, -0.15) is 13.2 Å². The minimum atomic E-state index is -5.08. The fraction of sp³-hybridized carbons (Fsp3) is 0.800. The summed E-state index contributed by atoms with van der Waals surface area (Å²) in [6, 6.07) is 0. The van der Waals surface area contributed by atoms with Crippen LogP contribution in [-0.2, 0) is 13.7 Å². The second-order valence-corrected chi connectivity index (χ2v) is 4.37. The van der Waals surface area contributed by atoms with Crippen molar-refractivity contribution in [3.8, 4) is 0 Å². The van der Waals surface area contributed by atoms with Crippen molar-refractivity contribution in [2.75, 3.05) is 12.4 Å². The summed E-state index contributed by atoms with van der Waals surface area (Å²) in [6.07, 6.45) is -6.33. The van der Waals surface area contributed by atoms with E-state index in [4.69, 9.17) is 9.11 Å². The largest absolute Gasteiger partial charge is 0.490 e. The van der Waals surface area contributed by atoms with Gasteiger partial charge < -0.3 is 13.8 Å². The Labute approximate surface area is 78.4 Å². The van der Waals surface area contributed by atoms with Crippen LogP contribution in [0.15, 0.2) is 0 Å². The molecule has 0 aromatic heterocycles. The maximum atomic E-state index is 11.7. The van der Waals surface area contributed by atoms with E-state index in [0.717, 1.165) is 0 Å². The zero-order chi connectivity index (χ0) is 11.0. The van der Waals surface area contributed by atoms with E-state index in [2.05, 4.69) is 8.92 Å². The van der Waals surface area contributed by atoms with Gasteiger partial charge in [-0.25, -0.2) is 4.79 Å². The second-order valence-electron chi connectivity index (χ2n) is 2.58. The van der Waals surface area contributed by atoms with Crippen LogP contribution in [0.2, 0.25) is 0 Å². The standard InChI is InChI=1S/C5H7F3O5S/c6-5(7,8)4(9)13-3-1-12-14(10,11)2-3/h3,10-11H,1-2H2. The Hall–Kier alpha value is -0.510. The van der Waals surface area contributed by atoms with E-state index in [1.54, 1.807) is 0 Å². The minimum absolute atomic E-state index is 0.440. The molecular weight excluding hydrogens is 229 g/mol. The van der Waals surface area contributed by atoms with Gasteiger partial charge in [0.15, 0.2) is 0 Å². The van der Waals surface area contributed by atoms with Crippen molar-refractivity contribution < 1.29 is 36.0 Å². The van der Waals surface area contributed by atoms with Crippen LogP contribution in [0.4, 0.5) is 13.2 Å². The van der Waals surface area contributed by atoms with E-state index in [1.807, 2.05) is 0 Å². The topological polar surface area (TPSA) is 76.0 Å². The van der Waals surface area contributed by atoms with Crippen LogP contribution in [0.3, 0.4) is 0 Å². The molecule has 0 spiro atoms. The van der Waals surface area contributed by atoms with Crippen molar-refractivity contribution in [2.24, 2.45) is 0 Å². The molecule has 1 aliphatic heterocycles. The van der Waals surface area contributed by atoms with Gasteiger partial charge in [-0.15, -0.1) is 0 Å². The third-order valence-electron chi connectivity index (χ3n) is 1.35. The Bertz CT molecular complexity index is 240. The number of esters is 1. The first-order valence-corrected chi connectivity index (χ1v) is 5.03. The highest BCUT2D eigenvalue weighted by Crippen LogP contribution is 2.46. The number of hydrogen-bond donors (Lipinski definition) is 2. The first-order valence-electron chi connectivity index (χ1n) is 3.39. The van der Waals surface area contributed by atoms with Gasteiger partial charge >= 0.3 is 12.1 Å². The van der Waals surface area contributed by atoms with Crippen LogP contribution in [0.25, 0.3) is 0 Å². The van der Waals surface area contributed by atoms with Crippen molar-refractivity contribution in [1.82, 2.24) is 0 Å². The smallest absolute Gasteiger partial charge is 0.452 e. The molecule has 1 heterocycles. The average Bonchev–Trinajstić information content (AvgIpc) is 2.28. The summed E-state index contributed by atoms with van der Waals surface area (Å²) in [5.74, 6) is -2.88. The summed E-state index contributed by atoms with van der Waals surface area (Å²) in [5.41, 5.74) is 0. The molecular formula is C5H7F3O5S. The van der Waals surface area contributed by atoms with Gasteiger partial charge in [0.25, 0.3) is 0 Å². The molecule has 0 radical (unpaired) electrons. The molecule has 0 aliphatic carbocycles. The molecule has 1 fully saturated rings. The van der Waals surface area contributed by atoms with E-state index in [-0.39, 0.29) is 0 Å². The van der Waals surface area contributed by atoms with Crippen molar-refractivity contribution in [3.63, 3.8) is 0 Å². The molecule has 1 aliphatic rings. The van der Waals surface area contributed by atoms with Crippen LogP contribution >= 0.6 is 10.9 Å². The van der Waals surface area contributed by atoms with Crippen LogP contribution in [-0.4, -0.2) is 39.7 Å². The summed E-state index contributed by atoms with van der Waals surface area (Å²) in [6.45, 7) is -0.440. The lowest BCUT2D eigenvalue weighted by molar-refractivity contribution is -0.204. The number of halogens is 3. The Morgan fingerprint density at radius 2 is 2.07 bits per heavy atom. The maximum Gasteiger partial charge on any atom is 0.490 e. The quantitative estimate of drug-likeness (QED) is 0.668. The summed E-state index contributed by atoms with van der Waals surface area (Å²) >= 11 is 0. The molecule has 0 saturated carbocycles. The van der Waals surface area contributed by atoms with E-state index in [1.165, 1.54) is 0 Å². The third kappa shape index (κ3) is 3.01. The molecule has 1 atom stereocenters. The Morgan fingerprint density at radius 1 is 1.50 bits per heavy atom. The average molecular weight is 236 g/mol. The fourth-order valence-electron chi connectivity index (χ4n) is 0.809. The third-order valence-corrected chi connectivity index (χ3v) is 2.67. The summed E-state index contributed by atoms with van der Waals surface area (Å²) in [5, 5.41) is 0. The van der Waals surface area contributed by atoms with Crippen molar-refractivity contribution in [2.45, 2.75) is 12.3 Å². The molecule has 14 heavy (non-hydrogen) atoms. The van der Waals surface area contributed by atoms with Gasteiger partial charge in [0, 0.05) is 0 Å². The molecule has 1 rings (SSSR count). The van der Waals surface area contributed by atoms with Crippen LogP contribution in [0.1, 0.15) is 0 Å². The molecule has 0 aromatic rings. The lowest BCUT2D eigenvalue weighted by atomic mass is 10.4. The van der Waals surface area contributed by atoms with E-state index < -0.39 is 41.5 Å². The number of carbonyl (C=O) groups excluding carboxylic acids is 1. The zero-order valence-corrected chi connectivity index (χ0v) is 7.47. The fourth-order valence-corrected chi connectivity index (χ4v) is 1.92. The lowest BCUT2D eigenvalue weighted by Crippen LogP contribution is -2.31. The normalized spacial score (nSPS) is 28.5. The molecule has 5 nitrogen and oxygen atoms in total. The first-order chi connectivity index (χ1) is 6.21. The lowest BCUT2D eigenvalue weighted by Gasteiger charge is -2.17. The SMILES string of the molecule is O=C(OC1COS(O)(O)C1)C(F)(F)F. The predicted octanol–water partition coefficient (Wildman–Crippen LogP) is 1.16. The number of hydrogen-bond acceptors (Lipinski definition) is 5. The van der Waals surface area contributed by atoms with Crippen LogP contribution < -0.4 is 0 Å². The van der Waals surface area contributed by atoms with Crippen LogP contribution in [0, 0.1) is 0 Å². The van der Waals surface area contributed by atoms with E-state index >= 15 is 0 Å². The van der Waals surface area contributed by atoms with Crippen molar-refractivity contribution in [3.05, 3.63) is 0 Å². The van der Waals surface area contributed by atoms with Crippen molar-refractivity contribution >= 4 is 16.8 Å². The van der Waals surface area contributed by atoms with Crippen molar-refractivity contribution in [1.29, 1.82) is 0 Å². The highest BCUT2D eigenvalue weighted by molar-refractivity contribution is 8.20. The Balaban J connectivity index is 2.44. The second kappa shape index (κ2) is 3.57. The zero-order valence-electron chi connectivity index (χ0n) is 6.65. The van der Waals surface area contributed by atoms with Crippen LogP contribution in [0.5, 0.6) is 0 Å². The predicted molar refractivity (Wildman–Crippen MR) is 39.6 cm³/mol. The maximum absolute atomic E-state index is 11.7. The van der Waals surface area contributed by atoms with Gasteiger partial charge in [-0.05, 0) is 0 Å². The summed E-state index contributed by atoms with van der Waals surface area (Å²) in [4.78, 5) is 10.3. The number of rotatable bonds is 1. The first kappa shape index (κ1) is 11.6. The summed E-state index contributed by atoms with van der Waals surface area (Å²) in [7, 11) is -3.33. The molecule has 0 aromatic carbocycles. The summed E-state index contributed by atoms with van der Waals surface area (Å²) < 4.78 is 60.9. The highest BCUT2D eigenvalue weighted by atomic mass is 32.3. The van der Waals surface area contributed by atoms with Gasteiger partial charge in [-0.1, -0.05) is 0 Å².